The van der Waals surface area contributed by atoms with E-state index in [1.165, 1.54) is 5.75 Å². The lowest BCUT2D eigenvalue weighted by atomic mass is 10.2. The largest absolute Gasteiger partial charge is 0.492 e. The molecule has 0 spiro atoms. The number of rotatable bonds is 8. The van der Waals surface area contributed by atoms with E-state index in [1.54, 1.807) is 0 Å². The molecule has 0 saturated heterocycles. The molecule has 4 heteroatoms. The van der Waals surface area contributed by atoms with Crippen molar-refractivity contribution < 1.29 is 4.74 Å². The van der Waals surface area contributed by atoms with Crippen LogP contribution in [-0.2, 0) is 6.54 Å². The number of thioether (sulfide) groups is 1. The summed E-state index contributed by atoms with van der Waals surface area (Å²) < 4.78 is 5.67. The molecule has 96 valence electrons. The maximum atomic E-state index is 5.67. The Bertz CT molecular complexity index is 303. The maximum absolute atomic E-state index is 5.67. The van der Waals surface area contributed by atoms with Crippen molar-refractivity contribution in [2.75, 3.05) is 38.8 Å². The number of nitrogens with zero attached hydrogens (tertiary/aromatic N) is 1. The Morgan fingerprint density at radius 3 is 2.53 bits per heavy atom. The Morgan fingerprint density at radius 2 is 1.94 bits per heavy atom. The molecule has 17 heavy (non-hydrogen) atoms. The molecule has 1 rings (SSSR count). The molecule has 1 aromatic carbocycles. The first-order valence-corrected chi connectivity index (χ1v) is 7.25. The molecule has 0 saturated carbocycles. The van der Waals surface area contributed by atoms with Crippen molar-refractivity contribution in [3.05, 3.63) is 29.8 Å². The highest BCUT2D eigenvalue weighted by Crippen LogP contribution is 2.11. The van der Waals surface area contributed by atoms with Crippen LogP contribution in [0.25, 0.3) is 0 Å². The van der Waals surface area contributed by atoms with Gasteiger partial charge in [-0.1, -0.05) is 12.1 Å². The summed E-state index contributed by atoms with van der Waals surface area (Å²) in [5.74, 6) is 2.09. The van der Waals surface area contributed by atoms with Gasteiger partial charge in [0, 0.05) is 25.4 Å². The molecule has 0 heterocycles. The number of hydrogen-bond acceptors (Lipinski definition) is 4. The van der Waals surface area contributed by atoms with Gasteiger partial charge in [-0.3, -0.25) is 0 Å². The summed E-state index contributed by atoms with van der Waals surface area (Å²) in [6, 6.07) is 7.97. The molecule has 0 radical (unpaired) electrons. The van der Waals surface area contributed by atoms with Crippen molar-refractivity contribution in [2.45, 2.75) is 6.54 Å². The monoisotopic (exact) mass is 254 g/mol. The second-order valence-corrected chi connectivity index (χ2v) is 4.98. The molecule has 0 aliphatic rings. The molecule has 0 bridgehead atoms. The second-order valence-electron chi connectivity index (χ2n) is 3.99. The maximum Gasteiger partial charge on any atom is 0.119 e. The molecule has 2 N–H and O–H groups in total. The van der Waals surface area contributed by atoms with Gasteiger partial charge in [0.05, 0.1) is 0 Å². The lowest BCUT2D eigenvalue weighted by Gasteiger charge is -2.16. The van der Waals surface area contributed by atoms with Gasteiger partial charge in [-0.05, 0) is 31.0 Å². The summed E-state index contributed by atoms with van der Waals surface area (Å²) in [5, 5.41) is 0. The molecule has 3 nitrogen and oxygen atoms in total. The van der Waals surface area contributed by atoms with Crippen molar-refractivity contribution in [3.8, 4) is 5.75 Å². The van der Waals surface area contributed by atoms with E-state index >= 15 is 0 Å². The van der Waals surface area contributed by atoms with Crippen molar-refractivity contribution in [3.63, 3.8) is 0 Å². The van der Waals surface area contributed by atoms with Gasteiger partial charge in [-0.2, -0.15) is 11.8 Å². The number of hydrogen-bond donors (Lipinski definition) is 1. The zero-order valence-corrected chi connectivity index (χ0v) is 11.5. The third-order valence-corrected chi connectivity index (χ3v) is 3.17. The van der Waals surface area contributed by atoms with Crippen LogP contribution in [0.3, 0.4) is 0 Å². The van der Waals surface area contributed by atoms with Crippen molar-refractivity contribution in [2.24, 2.45) is 5.73 Å². The fourth-order valence-corrected chi connectivity index (χ4v) is 1.89. The van der Waals surface area contributed by atoms with Crippen LogP contribution in [0.2, 0.25) is 0 Å². The van der Waals surface area contributed by atoms with Crippen LogP contribution in [0.1, 0.15) is 5.56 Å². The predicted octanol–water partition coefficient (Wildman–Crippen LogP) is 1.82. The summed E-state index contributed by atoms with van der Waals surface area (Å²) in [6.45, 7) is 3.38. The van der Waals surface area contributed by atoms with Gasteiger partial charge in [0.25, 0.3) is 0 Å². The Labute approximate surface area is 108 Å². The fraction of sp³-hybridized carbons (Fsp3) is 0.538. The summed E-state index contributed by atoms with van der Waals surface area (Å²) in [6.07, 6.45) is 2.13. The van der Waals surface area contributed by atoms with Crippen LogP contribution < -0.4 is 10.5 Å². The van der Waals surface area contributed by atoms with E-state index in [0.29, 0.717) is 6.54 Å². The summed E-state index contributed by atoms with van der Waals surface area (Å²) in [4.78, 5) is 2.28. The first-order valence-electron chi connectivity index (χ1n) is 5.85. The quantitative estimate of drug-likeness (QED) is 0.768. The Kier molecular flexibility index (Phi) is 7.08. The van der Waals surface area contributed by atoms with Crippen LogP contribution in [0.5, 0.6) is 5.75 Å². The minimum atomic E-state index is 0.581. The van der Waals surface area contributed by atoms with Gasteiger partial charge < -0.3 is 15.4 Å². The summed E-state index contributed by atoms with van der Waals surface area (Å²) in [7, 11) is 2.12. The van der Waals surface area contributed by atoms with E-state index in [2.05, 4.69) is 18.2 Å². The summed E-state index contributed by atoms with van der Waals surface area (Å²) in [5.41, 5.74) is 6.67. The number of ether oxygens (including phenoxy) is 1. The van der Waals surface area contributed by atoms with E-state index < -0.39 is 0 Å². The van der Waals surface area contributed by atoms with Crippen LogP contribution in [0.4, 0.5) is 0 Å². The molecule has 0 aliphatic carbocycles. The molecule has 0 fully saturated rings. The Hall–Kier alpha value is -0.710. The van der Waals surface area contributed by atoms with Crippen molar-refractivity contribution in [1.82, 2.24) is 4.90 Å². The average molecular weight is 254 g/mol. The smallest absolute Gasteiger partial charge is 0.119 e. The van der Waals surface area contributed by atoms with Crippen LogP contribution in [0, 0.1) is 0 Å². The normalized spacial score (nSPS) is 10.8. The Morgan fingerprint density at radius 1 is 1.24 bits per heavy atom. The molecule has 1 aromatic rings. The van der Waals surface area contributed by atoms with E-state index in [9.17, 15) is 0 Å². The van der Waals surface area contributed by atoms with Gasteiger partial charge in [0.2, 0.25) is 0 Å². The minimum Gasteiger partial charge on any atom is -0.492 e. The third kappa shape index (κ3) is 5.96. The minimum absolute atomic E-state index is 0.581. The number of likely N-dealkylation sites (N-methyl/N-ethyl adjacent to an activating group) is 1. The average Bonchev–Trinajstić information content (AvgIpc) is 2.37. The fourth-order valence-electron chi connectivity index (χ4n) is 1.40. The van der Waals surface area contributed by atoms with Crippen molar-refractivity contribution >= 4 is 11.8 Å². The highest BCUT2D eigenvalue weighted by molar-refractivity contribution is 7.98. The van der Waals surface area contributed by atoms with Crippen molar-refractivity contribution in [1.29, 1.82) is 0 Å². The SMILES string of the molecule is CSCCN(C)CCOc1ccc(CN)cc1. The third-order valence-electron chi connectivity index (χ3n) is 2.58. The van der Waals surface area contributed by atoms with Crippen LogP contribution in [0.15, 0.2) is 24.3 Å². The number of benzene rings is 1. The second kappa shape index (κ2) is 8.39. The molecule has 0 aromatic heterocycles. The molecular weight excluding hydrogens is 232 g/mol. The zero-order chi connectivity index (χ0) is 12.5. The molecular formula is C13H22N2OS. The van der Waals surface area contributed by atoms with Gasteiger partial charge in [0.15, 0.2) is 0 Å². The van der Waals surface area contributed by atoms with Gasteiger partial charge in [0.1, 0.15) is 12.4 Å². The Balaban J connectivity index is 2.21. The van der Waals surface area contributed by atoms with Gasteiger partial charge in [-0.25, -0.2) is 0 Å². The topological polar surface area (TPSA) is 38.5 Å². The van der Waals surface area contributed by atoms with E-state index in [4.69, 9.17) is 10.5 Å². The van der Waals surface area contributed by atoms with Crippen LogP contribution in [-0.4, -0.2) is 43.7 Å². The zero-order valence-electron chi connectivity index (χ0n) is 10.7. The predicted molar refractivity (Wildman–Crippen MR) is 75.7 cm³/mol. The van der Waals surface area contributed by atoms with Crippen LogP contribution >= 0.6 is 11.8 Å². The highest BCUT2D eigenvalue weighted by atomic mass is 32.2. The van der Waals surface area contributed by atoms with Gasteiger partial charge >= 0.3 is 0 Å². The van der Waals surface area contributed by atoms with Gasteiger partial charge in [-0.15, -0.1) is 0 Å². The lowest BCUT2D eigenvalue weighted by Crippen LogP contribution is -2.26. The first-order chi connectivity index (χ1) is 8.26. The van der Waals surface area contributed by atoms with E-state index in [0.717, 1.165) is 31.0 Å². The molecule has 0 unspecified atom stereocenters. The van der Waals surface area contributed by atoms with E-state index in [-0.39, 0.29) is 0 Å². The summed E-state index contributed by atoms with van der Waals surface area (Å²) >= 11 is 1.87. The lowest BCUT2D eigenvalue weighted by molar-refractivity contribution is 0.245. The molecule has 0 atom stereocenters. The first kappa shape index (κ1) is 14.4. The number of nitrogens with two attached hydrogens (primary N) is 1. The molecule has 0 aliphatic heterocycles. The molecule has 0 amide bonds. The standard InChI is InChI=1S/C13H22N2OS/c1-15(8-10-17-2)7-9-16-13-5-3-12(11-14)4-6-13/h3-6H,7-11,14H2,1-2H3. The highest BCUT2D eigenvalue weighted by Gasteiger charge is 1.98. The van der Waals surface area contributed by atoms with E-state index in [1.807, 2.05) is 36.0 Å².